The highest BCUT2D eigenvalue weighted by Gasteiger charge is 2.52. The first-order chi connectivity index (χ1) is 7.85. The summed E-state index contributed by atoms with van der Waals surface area (Å²) in [6, 6.07) is -0.00230. The van der Waals surface area contributed by atoms with E-state index in [1.165, 1.54) is 0 Å². The number of carbonyl (C=O) groups is 1. The minimum absolute atomic E-state index is 0.00230. The minimum atomic E-state index is -0.468. The second kappa shape index (κ2) is 4.14. The Morgan fingerprint density at radius 3 is 2.76 bits per heavy atom. The molecule has 2 rings (SSSR count). The maximum atomic E-state index is 12.2. The van der Waals surface area contributed by atoms with Crippen molar-refractivity contribution in [2.75, 3.05) is 19.8 Å². The lowest BCUT2D eigenvalue weighted by molar-refractivity contribution is 0.00366. The lowest BCUT2D eigenvalue weighted by Gasteiger charge is -2.37. The summed E-state index contributed by atoms with van der Waals surface area (Å²) in [6.45, 7) is 7.50. The third-order valence-corrected chi connectivity index (χ3v) is 3.54. The molecule has 2 saturated heterocycles. The van der Waals surface area contributed by atoms with Gasteiger partial charge in [0.05, 0.1) is 12.1 Å². The molecule has 2 aliphatic heterocycles. The number of likely N-dealkylation sites (tertiary alicyclic amines) is 1. The van der Waals surface area contributed by atoms with E-state index < -0.39 is 5.60 Å². The van der Waals surface area contributed by atoms with Gasteiger partial charge in [-0.15, -0.1) is 0 Å². The molecule has 5 nitrogen and oxygen atoms in total. The van der Waals surface area contributed by atoms with Crippen molar-refractivity contribution in [1.82, 2.24) is 4.90 Å². The molecule has 1 spiro atoms. The zero-order valence-corrected chi connectivity index (χ0v) is 10.9. The fourth-order valence-corrected chi connectivity index (χ4v) is 2.63. The normalized spacial score (nSPS) is 33.4. The fraction of sp³-hybridized carbons (Fsp3) is 0.917. The Bertz CT molecular complexity index is 305. The van der Waals surface area contributed by atoms with Crippen molar-refractivity contribution < 1.29 is 14.3 Å². The maximum Gasteiger partial charge on any atom is 0.410 e. The summed E-state index contributed by atoms with van der Waals surface area (Å²) in [7, 11) is 0. The number of hydrogen-bond acceptors (Lipinski definition) is 4. The molecule has 17 heavy (non-hydrogen) atoms. The van der Waals surface area contributed by atoms with E-state index in [1.807, 2.05) is 20.8 Å². The Kier molecular flexibility index (Phi) is 3.08. The number of amides is 1. The van der Waals surface area contributed by atoms with Crippen molar-refractivity contribution in [1.29, 1.82) is 0 Å². The van der Waals surface area contributed by atoms with Crippen molar-refractivity contribution in [2.24, 2.45) is 5.73 Å². The van der Waals surface area contributed by atoms with Crippen LogP contribution in [0.15, 0.2) is 0 Å². The molecule has 0 saturated carbocycles. The van der Waals surface area contributed by atoms with E-state index in [-0.39, 0.29) is 17.7 Å². The summed E-state index contributed by atoms with van der Waals surface area (Å²) < 4.78 is 10.9. The van der Waals surface area contributed by atoms with E-state index in [9.17, 15) is 4.79 Å². The quantitative estimate of drug-likeness (QED) is 0.691. The van der Waals surface area contributed by atoms with Crippen molar-refractivity contribution in [3.05, 3.63) is 0 Å². The first-order valence-corrected chi connectivity index (χ1v) is 6.19. The number of hydrogen-bond donors (Lipinski definition) is 1. The van der Waals surface area contributed by atoms with E-state index >= 15 is 0 Å². The second-order valence-electron chi connectivity index (χ2n) is 5.93. The van der Waals surface area contributed by atoms with Crippen LogP contribution in [-0.2, 0) is 9.47 Å². The number of ether oxygens (including phenoxy) is 2. The van der Waals surface area contributed by atoms with Crippen LogP contribution in [0, 0.1) is 0 Å². The third-order valence-electron chi connectivity index (χ3n) is 3.54. The standard InChI is InChI=1S/C12H22N2O3/c1-11(2,3)17-10(15)14-6-4-9(13)12(14)5-7-16-8-12/h9H,4-8,13H2,1-3H3. The molecule has 2 heterocycles. The van der Waals surface area contributed by atoms with Crippen LogP contribution in [-0.4, -0.2) is 47.9 Å². The molecule has 2 unspecified atom stereocenters. The van der Waals surface area contributed by atoms with Gasteiger partial charge in [0, 0.05) is 19.2 Å². The van der Waals surface area contributed by atoms with Gasteiger partial charge in [0.1, 0.15) is 5.60 Å². The predicted molar refractivity (Wildman–Crippen MR) is 63.7 cm³/mol. The highest BCUT2D eigenvalue weighted by Crippen LogP contribution is 2.36. The molecule has 0 aliphatic carbocycles. The van der Waals surface area contributed by atoms with Crippen LogP contribution in [0.3, 0.4) is 0 Å². The van der Waals surface area contributed by atoms with E-state index in [0.29, 0.717) is 19.8 Å². The van der Waals surface area contributed by atoms with Gasteiger partial charge in [-0.25, -0.2) is 4.79 Å². The number of nitrogens with zero attached hydrogens (tertiary/aromatic N) is 1. The highest BCUT2D eigenvalue weighted by atomic mass is 16.6. The minimum Gasteiger partial charge on any atom is -0.444 e. The van der Waals surface area contributed by atoms with Crippen LogP contribution in [0.4, 0.5) is 4.79 Å². The van der Waals surface area contributed by atoms with Crippen molar-refractivity contribution >= 4 is 6.09 Å². The predicted octanol–water partition coefficient (Wildman–Crippen LogP) is 1.11. The summed E-state index contributed by atoms with van der Waals surface area (Å²) in [6.07, 6.45) is 1.37. The summed E-state index contributed by atoms with van der Waals surface area (Å²) in [5, 5.41) is 0. The first-order valence-electron chi connectivity index (χ1n) is 6.19. The Morgan fingerprint density at radius 1 is 1.53 bits per heavy atom. The lowest BCUT2D eigenvalue weighted by atomic mass is 9.91. The van der Waals surface area contributed by atoms with Gasteiger partial charge in [0.25, 0.3) is 0 Å². The molecule has 0 aromatic carbocycles. The van der Waals surface area contributed by atoms with Crippen molar-refractivity contribution in [3.8, 4) is 0 Å². The number of nitrogens with two attached hydrogens (primary N) is 1. The number of rotatable bonds is 0. The van der Waals surface area contributed by atoms with Crippen LogP contribution in [0.1, 0.15) is 33.6 Å². The van der Waals surface area contributed by atoms with Gasteiger partial charge in [-0.3, -0.25) is 4.90 Å². The van der Waals surface area contributed by atoms with Gasteiger partial charge < -0.3 is 15.2 Å². The SMILES string of the molecule is CC(C)(C)OC(=O)N1CCC(N)C12CCOC2. The van der Waals surface area contributed by atoms with E-state index in [1.54, 1.807) is 4.90 Å². The number of carbonyl (C=O) groups excluding carboxylic acids is 1. The van der Waals surface area contributed by atoms with E-state index in [0.717, 1.165) is 12.8 Å². The van der Waals surface area contributed by atoms with Gasteiger partial charge in [-0.05, 0) is 33.6 Å². The first kappa shape index (κ1) is 12.6. The maximum absolute atomic E-state index is 12.2. The average molecular weight is 242 g/mol. The fourth-order valence-electron chi connectivity index (χ4n) is 2.63. The van der Waals surface area contributed by atoms with Gasteiger partial charge in [-0.2, -0.15) is 0 Å². The monoisotopic (exact) mass is 242 g/mol. The van der Waals surface area contributed by atoms with Crippen molar-refractivity contribution in [2.45, 2.75) is 50.8 Å². The van der Waals surface area contributed by atoms with Gasteiger partial charge in [-0.1, -0.05) is 0 Å². The summed E-state index contributed by atoms with van der Waals surface area (Å²) in [5.74, 6) is 0. The molecule has 0 radical (unpaired) electrons. The molecule has 2 atom stereocenters. The molecular weight excluding hydrogens is 220 g/mol. The molecular formula is C12H22N2O3. The van der Waals surface area contributed by atoms with Crippen LogP contribution < -0.4 is 5.73 Å². The molecule has 98 valence electrons. The Balaban J connectivity index is 2.12. The average Bonchev–Trinajstić information content (AvgIpc) is 2.75. The van der Waals surface area contributed by atoms with Crippen LogP contribution in [0.5, 0.6) is 0 Å². The van der Waals surface area contributed by atoms with Crippen molar-refractivity contribution in [3.63, 3.8) is 0 Å². The summed E-state index contributed by atoms with van der Waals surface area (Å²) >= 11 is 0. The Labute approximate surface area is 102 Å². The zero-order valence-electron chi connectivity index (χ0n) is 10.9. The largest absolute Gasteiger partial charge is 0.444 e. The molecule has 2 N–H and O–H groups in total. The van der Waals surface area contributed by atoms with Crippen LogP contribution in [0.2, 0.25) is 0 Å². The second-order valence-corrected chi connectivity index (χ2v) is 5.93. The molecule has 2 aliphatic rings. The third kappa shape index (κ3) is 2.26. The van der Waals surface area contributed by atoms with E-state index in [2.05, 4.69) is 0 Å². The lowest BCUT2D eigenvalue weighted by Crippen LogP contribution is -2.57. The smallest absolute Gasteiger partial charge is 0.410 e. The topological polar surface area (TPSA) is 64.8 Å². The Hall–Kier alpha value is -0.810. The Morgan fingerprint density at radius 2 is 2.24 bits per heavy atom. The van der Waals surface area contributed by atoms with Gasteiger partial charge in [0.15, 0.2) is 0 Å². The van der Waals surface area contributed by atoms with Crippen LogP contribution >= 0.6 is 0 Å². The van der Waals surface area contributed by atoms with Gasteiger partial charge >= 0.3 is 6.09 Å². The molecule has 0 bridgehead atoms. The van der Waals surface area contributed by atoms with Crippen LogP contribution in [0.25, 0.3) is 0 Å². The van der Waals surface area contributed by atoms with Gasteiger partial charge in [0.2, 0.25) is 0 Å². The summed E-state index contributed by atoms with van der Waals surface area (Å²) in [4.78, 5) is 13.9. The zero-order chi connectivity index (χ0) is 12.7. The summed E-state index contributed by atoms with van der Waals surface area (Å²) in [5.41, 5.74) is 5.34. The molecule has 1 amide bonds. The molecule has 2 fully saturated rings. The highest BCUT2D eigenvalue weighted by molar-refractivity contribution is 5.70. The van der Waals surface area contributed by atoms with E-state index in [4.69, 9.17) is 15.2 Å². The molecule has 0 aromatic rings. The molecule has 5 heteroatoms. The molecule has 0 aromatic heterocycles.